The van der Waals surface area contributed by atoms with E-state index in [0.29, 0.717) is 16.5 Å². The molecule has 0 bridgehead atoms. The molecule has 3 rings (SSSR count). The number of alkyl halides is 3. The molecule has 1 N–H and O–H groups in total. The van der Waals surface area contributed by atoms with Gasteiger partial charge in [0.05, 0.1) is 16.5 Å². The molecule has 1 aromatic heterocycles. The molecule has 29 heavy (non-hydrogen) atoms. The Hall–Kier alpha value is -2.94. The first-order valence-electron chi connectivity index (χ1n) is 8.79. The average molecular weight is 421 g/mol. The second-order valence-corrected chi connectivity index (χ2v) is 7.01. The highest BCUT2D eigenvalue weighted by atomic mass is 32.1. The van der Waals surface area contributed by atoms with Crippen molar-refractivity contribution in [2.45, 2.75) is 25.7 Å². The highest BCUT2D eigenvalue weighted by Gasteiger charge is 2.30. The number of carbonyl (C=O) groups excluding carboxylic acids is 1. The van der Waals surface area contributed by atoms with Crippen molar-refractivity contribution >= 4 is 29.0 Å². The van der Waals surface area contributed by atoms with Crippen LogP contribution in [0.15, 0.2) is 53.3 Å². The fourth-order valence-electron chi connectivity index (χ4n) is 2.96. The van der Waals surface area contributed by atoms with Crippen LogP contribution in [0.25, 0.3) is 10.9 Å². The van der Waals surface area contributed by atoms with Crippen molar-refractivity contribution in [2.75, 3.05) is 7.05 Å². The first kappa shape index (κ1) is 20.8. The molecule has 0 saturated heterocycles. The summed E-state index contributed by atoms with van der Waals surface area (Å²) in [6.07, 6.45) is -4.36. The van der Waals surface area contributed by atoms with Gasteiger partial charge in [-0.05, 0) is 42.0 Å². The van der Waals surface area contributed by atoms with Crippen LogP contribution >= 0.6 is 12.2 Å². The van der Waals surface area contributed by atoms with Gasteiger partial charge >= 0.3 is 6.18 Å². The van der Waals surface area contributed by atoms with Gasteiger partial charge in [-0.2, -0.15) is 13.2 Å². The predicted molar refractivity (Wildman–Crippen MR) is 106 cm³/mol. The van der Waals surface area contributed by atoms with Crippen molar-refractivity contribution in [3.05, 3.63) is 74.8 Å². The van der Waals surface area contributed by atoms with E-state index in [4.69, 9.17) is 12.2 Å². The van der Waals surface area contributed by atoms with Crippen LogP contribution in [0.3, 0.4) is 0 Å². The first-order valence-corrected chi connectivity index (χ1v) is 9.19. The van der Waals surface area contributed by atoms with Crippen LogP contribution in [0, 0.1) is 4.77 Å². The average Bonchev–Trinajstić information content (AvgIpc) is 2.67. The largest absolute Gasteiger partial charge is 0.416 e. The summed E-state index contributed by atoms with van der Waals surface area (Å²) in [4.78, 5) is 29.4. The number of nitrogens with one attached hydrogen (secondary N) is 1. The molecule has 2 aromatic carbocycles. The van der Waals surface area contributed by atoms with Gasteiger partial charge < -0.3 is 9.88 Å². The Morgan fingerprint density at radius 2 is 1.79 bits per heavy atom. The molecular formula is C20H18F3N3O2S. The topological polar surface area (TPSA) is 58.1 Å². The number of nitrogens with zero attached hydrogens (tertiary/aromatic N) is 2. The lowest BCUT2D eigenvalue weighted by Gasteiger charge is -2.18. The number of aromatic amines is 1. The van der Waals surface area contributed by atoms with E-state index >= 15 is 0 Å². The third-order valence-corrected chi connectivity index (χ3v) is 4.89. The highest BCUT2D eigenvalue weighted by molar-refractivity contribution is 7.71. The second kappa shape index (κ2) is 8.20. The summed E-state index contributed by atoms with van der Waals surface area (Å²) in [7, 11) is 1.56. The molecule has 0 saturated carbocycles. The number of H-pyrrole nitrogens is 1. The molecule has 5 nitrogen and oxygen atoms in total. The Labute approximate surface area is 169 Å². The van der Waals surface area contributed by atoms with E-state index in [1.165, 1.54) is 21.6 Å². The number of rotatable bonds is 5. The molecule has 0 fully saturated rings. The standard InChI is InChI=1S/C20H18F3N3O2S/c1-25(12-13-6-8-14(9-7-13)20(21,22)23)17(27)10-11-26-18(28)15-4-2-3-5-16(15)24-19(26)29/h2-9H,10-12H2,1H3,(H,24,29). The minimum Gasteiger partial charge on any atom is -0.341 e. The van der Waals surface area contributed by atoms with E-state index in [1.807, 2.05) is 0 Å². The smallest absolute Gasteiger partial charge is 0.341 e. The van der Waals surface area contributed by atoms with Crippen molar-refractivity contribution in [1.82, 2.24) is 14.5 Å². The zero-order chi connectivity index (χ0) is 21.2. The molecule has 152 valence electrons. The van der Waals surface area contributed by atoms with Gasteiger partial charge in [-0.15, -0.1) is 0 Å². The minimum atomic E-state index is -4.40. The number of carbonyl (C=O) groups is 1. The summed E-state index contributed by atoms with van der Waals surface area (Å²) in [5.41, 5.74) is 0.196. The number of fused-ring (bicyclic) bond motifs is 1. The molecule has 0 aliphatic heterocycles. The van der Waals surface area contributed by atoms with Gasteiger partial charge in [0.2, 0.25) is 5.91 Å². The molecule has 0 spiro atoms. The van der Waals surface area contributed by atoms with Crippen molar-refractivity contribution in [2.24, 2.45) is 0 Å². The quantitative estimate of drug-likeness (QED) is 0.631. The van der Waals surface area contributed by atoms with Crippen LogP contribution in [0.5, 0.6) is 0 Å². The summed E-state index contributed by atoms with van der Waals surface area (Å²) < 4.78 is 39.5. The SMILES string of the molecule is CN(Cc1ccc(C(F)(F)F)cc1)C(=O)CCn1c(=S)[nH]c2ccccc2c1=O. The van der Waals surface area contributed by atoms with E-state index in [2.05, 4.69) is 4.98 Å². The van der Waals surface area contributed by atoms with Gasteiger partial charge in [-0.25, -0.2) is 0 Å². The van der Waals surface area contributed by atoms with Crippen LogP contribution in [0.1, 0.15) is 17.5 Å². The Bertz CT molecular complexity index is 1150. The number of amides is 1. The molecule has 1 amide bonds. The van der Waals surface area contributed by atoms with Gasteiger partial charge in [0.1, 0.15) is 0 Å². The summed E-state index contributed by atoms with van der Waals surface area (Å²) in [5.74, 6) is -0.251. The van der Waals surface area contributed by atoms with Gasteiger partial charge in [0.15, 0.2) is 4.77 Å². The third-order valence-electron chi connectivity index (χ3n) is 4.57. The summed E-state index contributed by atoms with van der Waals surface area (Å²) in [6, 6.07) is 11.6. The summed E-state index contributed by atoms with van der Waals surface area (Å²) in [6.45, 7) is 0.269. The van der Waals surface area contributed by atoms with E-state index < -0.39 is 11.7 Å². The maximum atomic E-state index is 12.6. The van der Waals surface area contributed by atoms with Crippen molar-refractivity contribution in [1.29, 1.82) is 0 Å². The fourth-order valence-corrected chi connectivity index (χ4v) is 3.25. The number of benzene rings is 2. The zero-order valence-electron chi connectivity index (χ0n) is 15.5. The van der Waals surface area contributed by atoms with E-state index in [9.17, 15) is 22.8 Å². The van der Waals surface area contributed by atoms with E-state index in [1.54, 1.807) is 31.3 Å². The first-order chi connectivity index (χ1) is 13.7. The Balaban J connectivity index is 1.67. The number of hydrogen-bond donors (Lipinski definition) is 1. The third kappa shape index (κ3) is 4.73. The fraction of sp³-hybridized carbons (Fsp3) is 0.250. The Morgan fingerprint density at radius 3 is 2.45 bits per heavy atom. The van der Waals surface area contributed by atoms with Crippen LogP contribution < -0.4 is 5.56 Å². The lowest BCUT2D eigenvalue weighted by Crippen LogP contribution is -2.29. The van der Waals surface area contributed by atoms with Crippen molar-refractivity contribution < 1.29 is 18.0 Å². The Kier molecular flexibility index (Phi) is 5.88. The molecule has 9 heteroatoms. The molecule has 3 aromatic rings. The van der Waals surface area contributed by atoms with Gasteiger partial charge in [-0.1, -0.05) is 24.3 Å². The van der Waals surface area contributed by atoms with Crippen LogP contribution in [-0.4, -0.2) is 27.4 Å². The number of para-hydroxylation sites is 1. The van der Waals surface area contributed by atoms with Gasteiger partial charge in [-0.3, -0.25) is 14.2 Å². The van der Waals surface area contributed by atoms with E-state index in [0.717, 1.165) is 12.1 Å². The van der Waals surface area contributed by atoms with E-state index in [-0.39, 0.29) is 35.7 Å². The maximum absolute atomic E-state index is 12.6. The normalized spacial score (nSPS) is 11.6. The highest BCUT2D eigenvalue weighted by Crippen LogP contribution is 2.29. The Morgan fingerprint density at radius 1 is 1.14 bits per heavy atom. The molecule has 0 aliphatic rings. The predicted octanol–water partition coefficient (Wildman–Crippen LogP) is 4.13. The lowest BCUT2D eigenvalue weighted by atomic mass is 10.1. The zero-order valence-corrected chi connectivity index (χ0v) is 16.3. The molecule has 0 radical (unpaired) electrons. The van der Waals surface area contributed by atoms with Crippen LogP contribution in [0.4, 0.5) is 13.2 Å². The van der Waals surface area contributed by atoms with Crippen LogP contribution in [0.2, 0.25) is 0 Å². The number of halogens is 3. The molecule has 0 atom stereocenters. The van der Waals surface area contributed by atoms with Crippen molar-refractivity contribution in [3.63, 3.8) is 0 Å². The van der Waals surface area contributed by atoms with Crippen molar-refractivity contribution in [3.8, 4) is 0 Å². The number of aromatic nitrogens is 2. The second-order valence-electron chi connectivity index (χ2n) is 6.63. The monoisotopic (exact) mass is 421 g/mol. The molecule has 1 heterocycles. The molecule has 0 aliphatic carbocycles. The molecular weight excluding hydrogens is 403 g/mol. The summed E-state index contributed by atoms with van der Waals surface area (Å²) >= 11 is 5.22. The minimum absolute atomic E-state index is 0.0346. The van der Waals surface area contributed by atoms with Crippen LogP contribution in [-0.2, 0) is 24.1 Å². The molecule has 0 unspecified atom stereocenters. The number of hydrogen-bond acceptors (Lipinski definition) is 3. The van der Waals surface area contributed by atoms with Gasteiger partial charge in [0, 0.05) is 26.6 Å². The van der Waals surface area contributed by atoms with Gasteiger partial charge in [0.25, 0.3) is 5.56 Å². The summed E-state index contributed by atoms with van der Waals surface area (Å²) in [5, 5.41) is 0.478. The maximum Gasteiger partial charge on any atom is 0.416 e. The lowest BCUT2D eigenvalue weighted by molar-refractivity contribution is -0.137.